The molecule has 1 aromatic carbocycles. The number of alkyl halides is 1. The van der Waals surface area contributed by atoms with Gasteiger partial charge in [0.2, 0.25) is 0 Å². The second-order valence-electron chi connectivity index (χ2n) is 2.01. The molecule has 0 saturated heterocycles. The van der Waals surface area contributed by atoms with E-state index in [0.29, 0.717) is 11.3 Å². The molecular weight excluding hydrogens is 164 g/mol. The second-order valence-corrected chi connectivity index (χ2v) is 2.22. The molecule has 1 rings (SSSR count). The number of hydrogen-bond acceptors (Lipinski definition) is 1. The van der Waals surface area contributed by atoms with E-state index in [0.717, 1.165) is 0 Å². The molecule has 1 aromatic rings. The third-order valence-electron chi connectivity index (χ3n) is 1.34. The van der Waals surface area contributed by atoms with E-state index in [2.05, 4.69) is 0 Å². The summed E-state index contributed by atoms with van der Waals surface area (Å²) in [5.74, 6) is 0.581. The maximum absolute atomic E-state index is 10.5. The molecule has 0 bridgehead atoms. The van der Waals surface area contributed by atoms with Crippen molar-refractivity contribution in [3.8, 4) is 5.75 Å². The Morgan fingerprint density at radius 2 is 2.09 bits per heavy atom. The summed E-state index contributed by atoms with van der Waals surface area (Å²) >= 11 is 5.34. The van der Waals surface area contributed by atoms with Gasteiger partial charge in [-0.25, -0.2) is 5.11 Å². The summed E-state index contributed by atoms with van der Waals surface area (Å²) in [7, 11) is 0. The number of halogens is 1. The summed E-state index contributed by atoms with van der Waals surface area (Å²) in [6.45, 7) is -0.271. The Bertz CT molecular complexity index is 225. The molecule has 0 amide bonds. The average molecular weight is 172 g/mol. The van der Waals surface area contributed by atoms with Crippen molar-refractivity contribution in [1.82, 2.24) is 0 Å². The zero-order valence-electron chi connectivity index (χ0n) is 5.92. The highest BCUT2D eigenvalue weighted by atomic mass is 35.5. The van der Waals surface area contributed by atoms with Crippen LogP contribution in [0.5, 0.6) is 5.75 Å². The minimum atomic E-state index is -0.271. The molecule has 11 heavy (non-hydrogen) atoms. The number of ether oxygens (including phenoxy) is 1. The van der Waals surface area contributed by atoms with Gasteiger partial charge >= 0.3 is 0 Å². The maximum atomic E-state index is 10.5. The molecule has 0 aliphatic heterocycles. The Morgan fingerprint density at radius 3 is 2.73 bits per heavy atom. The zero-order chi connectivity index (χ0) is 8.10. The lowest BCUT2D eigenvalue weighted by Crippen LogP contribution is -1.93. The predicted octanol–water partition coefficient (Wildman–Crippen LogP) is 2.19. The Labute approximate surface area is 70.4 Å². The summed E-state index contributed by atoms with van der Waals surface area (Å²) in [6, 6.07) is 7.15. The molecule has 0 saturated carbocycles. The van der Waals surface area contributed by atoms with Gasteiger partial charge in [0.1, 0.15) is 12.4 Å². The molecule has 0 unspecified atom stereocenters. The van der Waals surface area contributed by atoms with Gasteiger partial charge in [0.05, 0.1) is 0 Å². The minimum absolute atomic E-state index is 0.0804. The van der Waals surface area contributed by atoms with Gasteiger partial charge in [0.25, 0.3) is 0 Å². The van der Waals surface area contributed by atoms with Crippen LogP contribution >= 0.6 is 11.6 Å². The molecule has 0 aromatic heterocycles. The maximum Gasteiger partial charge on any atom is 0.162 e. The highest BCUT2D eigenvalue weighted by molar-refractivity contribution is 6.17. The molecule has 3 heteroatoms. The van der Waals surface area contributed by atoms with Gasteiger partial charge in [0.15, 0.2) is 6.07 Å². The van der Waals surface area contributed by atoms with Gasteiger partial charge in [-0.05, 0) is 6.07 Å². The molecule has 2 nitrogen and oxygen atoms in total. The second kappa shape index (κ2) is 4.21. The number of hydrogen-bond donors (Lipinski definition) is 0. The van der Waals surface area contributed by atoms with Crippen LogP contribution in [0.1, 0.15) is 5.56 Å². The normalized spacial score (nSPS) is 9.64. The number of rotatable bonds is 3. The Kier molecular flexibility index (Phi) is 3.20. The summed E-state index contributed by atoms with van der Waals surface area (Å²) < 4.78 is 4.99. The topological polar surface area (TPSA) is 29.1 Å². The molecule has 1 radical (unpaired) electrons. The summed E-state index contributed by atoms with van der Waals surface area (Å²) in [5, 5.41) is 10.5. The fraction of sp³-hybridized carbons (Fsp3) is 0.250. The molecule has 59 valence electrons. The van der Waals surface area contributed by atoms with E-state index >= 15 is 0 Å². The van der Waals surface area contributed by atoms with Crippen LogP contribution in [0, 0.1) is 0 Å². The van der Waals surface area contributed by atoms with E-state index in [1.54, 1.807) is 24.3 Å². The molecule has 0 atom stereocenters. The molecule has 0 aliphatic rings. The van der Waals surface area contributed by atoms with E-state index in [-0.39, 0.29) is 12.7 Å². The first-order valence-corrected chi connectivity index (χ1v) is 3.76. The average Bonchev–Trinajstić information content (AvgIpc) is 2.06. The van der Waals surface area contributed by atoms with Gasteiger partial charge in [0, 0.05) is 5.56 Å². The first-order chi connectivity index (χ1) is 5.38. The van der Waals surface area contributed by atoms with Crippen molar-refractivity contribution < 1.29 is 9.84 Å². The fourth-order valence-corrected chi connectivity index (χ4v) is 0.940. The van der Waals surface area contributed by atoms with Gasteiger partial charge in [-0.1, -0.05) is 29.8 Å². The summed E-state index contributed by atoms with van der Waals surface area (Å²) in [4.78, 5) is 0. The molecule has 0 spiro atoms. The number of benzene rings is 1. The van der Waals surface area contributed by atoms with E-state index in [9.17, 15) is 5.11 Å². The lowest BCUT2D eigenvalue weighted by molar-refractivity contribution is 0.174. The van der Waals surface area contributed by atoms with Crippen molar-refractivity contribution in [3.63, 3.8) is 0 Å². The van der Waals surface area contributed by atoms with Gasteiger partial charge in [-0.2, -0.15) is 0 Å². The smallest absolute Gasteiger partial charge is 0.162 e. The third-order valence-corrected chi connectivity index (χ3v) is 1.45. The SMILES string of the molecule is [O]Cc1ccccc1OCCl. The standard InChI is InChI=1S/C8H8ClO2/c9-6-11-8-4-2-1-3-7(8)5-10/h1-4H,5-6H2. The van der Waals surface area contributed by atoms with Crippen molar-refractivity contribution in [2.24, 2.45) is 0 Å². The van der Waals surface area contributed by atoms with Crippen LogP contribution in [-0.2, 0) is 11.7 Å². The highest BCUT2D eigenvalue weighted by Gasteiger charge is 1.99. The monoisotopic (exact) mass is 171 g/mol. The Balaban J connectivity index is 2.83. The van der Waals surface area contributed by atoms with Gasteiger partial charge in [-0.3, -0.25) is 0 Å². The van der Waals surface area contributed by atoms with Crippen LogP contribution in [0.2, 0.25) is 0 Å². The molecule has 0 N–H and O–H groups in total. The van der Waals surface area contributed by atoms with E-state index in [1.807, 2.05) is 0 Å². The van der Waals surface area contributed by atoms with E-state index in [1.165, 1.54) is 0 Å². The van der Waals surface area contributed by atoms with Crippen LogP contribution in [0.3, 0.4) is 0 Å². The lowest BCUT2D eigenvalue weighted by atomic mass is 10.2. The van der Waals surface area contributed by atoms with Crippen molar-refractivity contribution in [3.05, 3.63) is 29.8 Å². The lowest BCUT2D eigenvalue weighted by Gasteiger charge is -2.04. The van der Waals surface area contributed by atoms with Crippen molar-refractivity contribution in [2.45, 2.75) is 6.61 Å². The van der Waals surface area contributed by atoms with Gasteiger partial charge in [-0.15, -0.1) is 0 Å². The predicted molar refractivity (Wildman–Crippen MR) is 42.2 cm³/mol. The van der Waals surface area contributed by atoms with E-state index < -0.39 is 0 Å². The zero-order valence-corrected chi connectivity index (χ0v) is 6.67. The third kappa shape index (κ3) is 2.10. The Morgan fingerprint density at radius 1 is 1.36 bits per heavy atom. The Hall–Kier alpha value is -0.730. The highest BCUT2D eigenvalue weighted by Crippen LogP contribution is 2.17. The first kappa shape index (κ1) is 8.37. The van der Waals surface area contributed by atoms with Crippen LogP contribution in [0.25, 0.3) is 0 Å². The van der Waals surface area contributed by atoms with Crippen molar-refractivity contribution >= 4 is 11.6 Å². The van der Waals surface area contributed by atoms with Crippen LogP contribution < -0.4 is 4.74 Å². The minimum Gasteiger partial charge on any atom is -0.478 e. The van der Waals surface area contributed by atoms with Crippen molar-refractivity contribution in [2.75, 3.05) is 6.07 Å². The first-order valence-electron chi connectivity index (χ1n) is 3.23. The molecule has 0 fully saturated rings. The largest absolute Gasteiger partial charge is 0.478 e. The molecule has 0 aliphatic carbocycles. The number of para-hydroxylation sites is 1. The van der Waals surface area contributed by atoms with Crippen molar-refractivity contribution in [1.29, 1.82) is 0 Å². The van der Waals surface area contributed by atoms with Gasteiger partial charge < -0.3 is 4.74 Å². The van der Waals surface area contributed by atoms with E-state index in [4.69, 9.17) is 16.3 Å². The summed E-state index contributed by atoms with van der Waals surface area (Å²) in [5.41, 5.74) is 0.646. The van der Waals surface area contributed by atoms with Crippen LogP contribution in [-0.4, -0.2) is 6.07 Å². The quantitative estimate of drug-likeness (QED) is 0.641. The summed E-state index contributed by atoms with van der Waals surface area (Å²) in [6.07, 6.45) is 0. The van der Waals surface area contributed by atoms with Crippen LogP contribution in [0.4, 0.5) is 0 Å². The van der Waals surface area contributed by atoms with Crippen LogP contribution in [0.15, 0.2) is 24.3 Å². The molecular formula is C8H8ClO2. The molecule has 0 heterocycles. The fourth-order valence-electron chi connectivity index (χ4n) is 0.823.